The molecule has 0 aromatic carbocycles. The Hall–Kier alpha value is -3.54. The van der Waals surface area contributed by atoms with Gasteiger partial charge >= 0.3 is 0 Å². The molecule has 154 valence electrons. The molecule has 0 bridgehead atoms. The Morgan fingerprint density at radius 3 is 2.87 bits per heavy atom. The van der Waals surface area contributed by atoms with E-state index in [4.69, 9.17) is 0 Å². The Morgan fingerprint density at radius 1 is 1.27 bits per heavy atom. The summed E-state index contributed by atoms with van der Waals surface area (Å²) in [6.07, 6.45) is 16.7. The number of Topliss-reactive ketones (excluding diaryl/α,β-unsaturated/α-hetero) is 1. The first-order valence-corrected chi connectivity index (χ1v) is 9.75. The number of nitrogens with one attached hydrogen (secondary N) is 1. The summed E-state index contributed by atoms with van der Waals surface area (Å²) >= 11 is 0. The summed E-state index contributed by atoms with van der Waals surface area (Å²) in [4.78, 5) is 31.0. The van der Waals surface area contributed by atoms with Crippen LogP contribution >= 0.6 is 0 Å². The molecule has 0 saturated carbocycles. The molecule has 6 heteroatoms. The second-order valence-electron chi connectivity index (χ2n) is 7.17. The number of amides is 1. The van der Waals surface area contributed by atoms with E-state index in [1.54, 1.807) is 37.4 Å². The molecule has 30 heavy (non-hydrogen) atoms. The highest BCUT2D eigenvalue weighted by molar-refractivity contribution is 6.46. The minimum atomic E-state index is -0.703. The lowest BCUT2D eigenvalue weighted by Crippen LogP contribution is -2.28. The summed E-state index contributed by atoms with van der Waals surface area (Å²) in [7, 11) is 0. The van der Waals surface area contributed by atoms with E-state index >= 15 is 0 Å². The Balaban J connectivity index is 1.75. The smallest absolute Gasteiger partial charge is 0.296 e. The van der Waals surface area contributed by atoms with Crippen molar-refractivity contribution < 1.29 is 14.0 Å². The average molecular weight is 405 g/mol. The number of ketones is 1. The summed E-state index contributed by atoms with van der Waals surface area (Å²) in [6.45, 7) is 4.20. The van der Waals surface area contributed by atoms with Crippen molar-refractivity contribution >= 4 is 17.4 Å². The number of pyridine rings is 1. The molecule has 1 aromatic heterocycles. The molecule has 2 heterocycles. The summed E-state index contributed by atoms with van der Waals surface area (Å²) in [6, 6.07) is 3.36. The first kappa shape index (κ1) is 21.2. The molecule has 1 amide bonds. The Bertz CT molecular complexity index is 1010. The van der Waals surface area contributed by atoms with Crippen LogP contribution in [0.25, 0.3) is 0 Å². The second-order valence-corrected chi connectivity index (χ2v) is 7.17. The molecule has 0 unspecified atom stereocenters. The van der Waals surface area contributed by atoms with Crippen molar-refractivity contribution in [1.82, 2.24) is 9.88 Å². The van der Waals surface area contributed by atoms with Crippen LogP contribution in [-0.4, -0.2) is 28.1 Å². The van der Waals surface area contributed by atoms with Gasteiger partial charge in [-0.2, -0.15) is 0 Å². The Kier molecular flexibility index (Phi) is 6.91. The number of carbonyl (C=O) groups is 2. The number of anilines is 1. The Labute approximate surface area is 175 Å². The van der Waals surface area contributed by atoms with Crippen LogP contribution < -0.4 is 5.32 Å². The van der Waals surface area contributed by atoms with Gasteiger partial charge < -0.3 is 10.2 Å². The highest BCUT2D eigenvalue weighted by Gasteiger charge is 2.22. The van der Waals surface area contributed by atoms with Crippen molar-refractivity contribution in [3.05, 3.63) is 95.4 Å². The number of halogens is 1. The highest BCUT2D eigenvalue weighted by Crippen LogP contribution is 2.24. The van der Waals surface area contributed by atoms with E-state index in [0.717, 1.165) is 11.1 Å². The SMILES string of the molecule is CC1=C/C(=C(/C)C(=O)C(=O)Nc2cccnc2)N(CCC2=CC=C(F)C=CC2)C=C1. The molecule has 2 aliphatic rings. The van der Waals surface area contributed by atoms with Crippen LogP contribution in [0.3, 0.4) is 0 Å². The lowest BCUT2D eigenvalue weighted by atomic mass is 10.0. The molecule has 1 N–H and O–H groups in total. The van der Waals surface area contributed by atoms with Crippen molar-refractivity contribution in [2.45, 2.75) is 26.7 Å². The van der Waals surface area contributed by atoms with E-state index in [1.807, 2.05) is 30.2 Å². The zero-order valence-corrected chi connectivity index (χ0v) is 17.1. The van der Waals surface area contributed by atoms with Crippen LogP contribution in [0.5, 0.6) is 0 Å². The van der Waals surface area contributed by atoms with Gasteiger partial charge in [-0.05, 0) is 68.7 Å². The van der Waals surface area contributed by atoms with Crippen LogP contribution in [0.1, 0.15) is 26.7 Å². The van der Waals surface area contributed by atoms with Gasteiger partial charge in [-0.1, -0.05) is 17.7 Å². The number of allylic oxidation sites excluding steroid dienone is 8. The maximum absolute atomic E-state index is 13.4. The Morgan fingerprint density at radius 2 is 2.10 bits per heavy atom. The molecule has 0 atom stereocenters. The number of hydrogen-bond donors (Lipinski definition) is 1. The van der Waals surface area contributed by atoms with E-state index in [0.29, 0.717) is 36.3 Å². The zero-order valence-electron chi connectivity index (χ0n) is 17.1. The maximum Gasteiger partial charge on any atom is 0.296 e. The van der Waals surface area contributed by atoms with Gasteiger partial charge in [0.2, 0.25) is 5.78 Å². The van der Waals surface area contributed by atoms with Gasteiger partial charge in [-0.15, -0.1) is 0 Å². The third-order valence-electron chi connectivity index (χ3n) is 4.85. The van der Waals surface area contributed by atoms with Crippen LogP contribution in [-0.2, 0) is 9.59 Å². The number of rotatable bonds is 6. The van der Waals surface area contributed by atoms with Crippen LogP contribution in [0, 0.1) is 0 Å². The fourth-order valence-electron chi connectivity index (χ4n) is 3.16. The number of nitrogens with zero attached hydrogens (tertiary/aromatic N) is 2. The quantitative estimate of drug-likeness (QED) is 0.547. The first-order chi connectivity index (χ1) is 14.4. The van der Waals surface area contributed by atoms with Gasteiger partial charge in [0.25, 0.3) is 5.91 Å². The number of aromatic nitrogens is 1. The lowest BCUT2D eigenvalue weighted by molar-refractivity contribution is -0.132. The summed E-state index contributed by atoms with van der Waals surface area (Å²) < 4.78 is 13.4. The summed E-state index contributed by atoms with van der Waals surface area (Å²) in [5, 5.41) is 2.58. The van der Waals surface area contributed by atoms with Crippen molar-refractivity contribution in [3.8, 4) is 0 Å². The monoisotopic (exact) mass is 405 g/mol. The average Bonchev–Trinajstić information content (AvgIpc) is 2.96. The van der Waals surface area contributed by atoms with Gasteiger partial charge in [0, 0.05) is 30.2 Å². The number of hydrogen-bond acceptors (Lipinski definition) is 4. The van der Waals surface area contributed by atoms with Gasteiger partial charge in [-0.25, -0.2) is 4.39 Å². The largest absolute Gasteiger partial charge is 0.347 e. The molecule has 3 rings (SSSR count). The highest BCUT2D eigenvalue weighted by atomic mass is 19.1. The molecule has 1 aliphatic heterocycles. The first-order valence-electron chi connectivity index (χ1n) is 9.75. The van der Waals surface area contributed by atoms with Gasteiger partial charge in [0.05, 0.1) is 11.9 Å². The zero-order chi connectivity index (χ0) is 21.5. The van der Waals surface area contributed by atoms with Crippen molar-refractivity contribution in [1.29, 1.82) is 0 Å². The molecule has 0 radical (unpaired) electrons. The van der Waals surface area contributed by atoms with Gasteiger partial charge in [0.15, 0.2) is 0 Å². The fraction of sp³-hybridized carbons (Fsp3) is 0.208. The third kappa shape index (κ3) is 5.50. The van der Waals surface area contributed by atoms with E-state index in [-0.39, 0.29) is 5.83 Å². The molecule has 1 aromatic rings. The van der Waals surface area contributed by atoms with Crippen LogP contribution in [0.2, 0.25) is 0 Å². The standard InChI is InChI=1S/C24H24FN3O2/c1-17-10-13-28(14-11-19-5-3-6-20(25)9-8-19)22(15-17)18(2)23(29)24(30)27-21-7-4-12-26-16-21/h3-4,6-10,12-13,15-16H,5,11,14H2,1-2H3,(H,27,30)/b22-18+. The third-order valence-corrected chi connectivity index (χ3v) is 4.85. The lowest BCUT2D eigenvalue weighted by Gasteiger charge is -2.27. The normalized spacial score (nSPS) is 17.6. The maximum atomic E-state index is 13.4. The van der Waals surface area contributed by atoms with Crippen LogP contribution in [0.15, 0.2) is 95.4 Å². The predicted octanol–water partition coefficient (Wildman–Crippen LogP) is 4.77. The van der Waals surface area contributed by atoms with E-state index in [1.165, 1.54) is 18.3 Å². The molecule has 0 saturated heterocycles. The molecule has 5 nitrogen and oxygen atoms in total. The molecule has 0 fully saturated rings. The van der Waals surface area contributed by atoms with Crippen LogP contribution in [0.4, 0.5) is 10.1 Å². The van der Waals surface area contributed by atoms with Crippen molar-refractivity contribution in [2.75, 3.05) is 11.9 Å². The van der Waals surface area contributed by atoms with Crippen molar-refractivity contribution in [2.24, 2.45) is 0 Å². The van der Waals surface area contributed by atoms with E-state index in [9.17, 15) is 14.0 Å². The van der Waals surface area contributed by atoms with Crippen molar-refractivity contribution in [3.63, 3.8) is 0 Å². The molecular formula is C24H24FN3O2. The molecular weight excluding hydrogens is 381 g/mol. The fourth-order valence-corrected chi connectivity index (χ4v) is 3.16. The molecule has 1 aliphatic carbocycles. The van der Waals surface area contributed by atoms with Gasteiger partial charge in [0.1, 0.15) is 5.83 Å². The van der Waals surface area contributed by atoms with Gasteiger partial charge in [-0.3, -0.25) is 14.6 Å². The van der Waals surface area contributed by atoms with E-state index in [2.05, 4.69) is 10.3 Å². The summed E-state index contributed by atoms with van der Waals surface area (Å²) in [5.74, 6) is -1.56. The predicted molar refractivity (Wildman–Crippen MR) is 116 cm³/mol. The minimum Gasteiger partial charge on any atom is -0.347 e. The van der Waals surface area contributed by atoms with E-state index < -0.39 is 11.7 Å². The minimum absolute atomic E-state index is 0.261. The summed E-state index contributed by atoms with van der Waals surface area (Å²) in [5.41, 5.74) is 3.60. The molecule has 0 spiro atoms. The topological polar surface area (TPSA) is 62.3 Å². The number of carbonyl (C=O) groups excluding carboxylic acids is 2. The second kappa shape index (κ2) is 9.78.